The molecule has 0 aromatic heterocycles. The Morgan fingerprint density at radius 3 is 2.75 bits per heavy atom. The average molecular weight is 345 g/mol. The molecule has 0 spiro atoms. The maximum absolute atomic E-state index is 12.6. The molecule has 1 aromatic rings. The van der Waals surface area contributed by atoms with E-state index in [-0.39, 0.29) is 24.6 Å². The van der Waals surface area contributed by atoms with Crippen molar-refractivity contribution in [3.05, 3.63) is 29.8 Å². The van der Waals surface area contributed by atoms with Crippen molar-refractivity contribution >= 4 is 5.91 Å². The van der Waals surface area contributed by atoms with Gasteiger partial charge >= 0.3 is 6.36 Å². The molecular weight excluding hydrogens is 327 g/mol. The SMILES string of the molecule is O=C(NCC1COCO1)C1(c2cccc(OC(F)(F)F)c2)CCC1. The number of alkyl halides is 3. The second kappa shape index (κ2) is 6.60. The second-order valence-electron chi connectivity index (χ2n) is 6.00. The molecule has 2 aliphatic rings. The van der Waals surface area contributed by atoms with Gasteiger partial charge in [0.05, 0.1) is 12.0 Å². The number of benzene rings is 1. The van der Waals surface area contributed by atoms with Crippen LogP contribution in [0.3, 0.4) is 0 Å². The Bertz CT molecular complexity index is 595. The summed E-state index contributed by atoms with van der Waals surface area (Å²) < 4.78 is 51.5. The Morgan fingerprint density at radius 1 is 1.38 bits per heavy atom. The highest BCUT2D eigenvalue weighted by atomic mass is 19.4. The predicted octanol–water partition coefficient (Wildman–Crippen LogP) is 2.50. The van der Waals surface area contributed by atoms with Crippen LogP contribution in [0.2, 0.25) is 0 Å². The minimum absolute atomic E-state index is 0.189. The fraction of sp³-hybridized carbons (Fsp3) is 0.562. The van der Waals surface area contributed by atoms with E-state index in [1.165, 1.54) is 18.2 Å². The summed E-state index contributed by atoms with van der Waals surface area (Å²) in [6, 6.07) is 5.65. The maximum atomic E-state index is 12.6. The predicted molar refractivity (Wildman–Crippen MR) is 77.4 cm³/mol. The van der Waals surface area contributed by atoms with Gasteiger partial charge in [0, 0.05) is 6.54 Å². The molecule has 24 heavy (non-hydrogen) atoms. The van der Waals surface area contributed by atoms with Crippen LogP contribution >= 0.6 is 0 Å². The van der Waals surface area contributed by atoms with Crippen molar-refractivity contribution in [3.63, 3.8) is 0 Å². The van der Waals surface area contributed by atoms with Crippen LogP contribution in [0.4, 0.5) is 13.2 Å². The number of carbonyl (C=O) groups excluding carboxylic acids is 1. The van der Waals surface area contributed by atoms with Gasteiger partial charge in [-0.15, -0.1) is 13.2 Å². The van der Waals surface area contributed by atoms with Gasteiger partial charge in [0.2, 0.25) is 5.91 Å². The molecule has 1 N–H and O–H groups in total. The van der Waals surface area contributed by atoms with Gasteiger partial charge < -0.3 is 19.5 Å². The third-order valence-electron chi connectivity index (χ3n) is 4.44. The van der Waals surface area contributed by atoms with Gasteiger partial charge in [0.1, 0.15) is 18.6 Å². The molecule has 0 bridgehead atoms. The highest BCUT2D eigenvalue weighted by Gasteiger charge is 2.46. The summed E-state index contributed by atoms with van der Waals surface area (Å²) in [4.78, 5) is 12.6. The lowest BCUT2D eigenvalue weighted by Crippen LogP contribution is -2.50. The third-order valence-corrected chi connectivity index (χ3v) is 4.44. The van der Waals surface area contributed by atoms with Gasteiger partial charge in [-0.2, -0.15) is 0 Å². The first kappa shape index (κ1) is 17.0. The zero-order valence-electron chi connectivity index (χ0n) is 12.9. The zero-order chi connectivity index (χ0) is 17.2. The molecule has 1 aromatic carbocycles. The molecule has 2 fully saturated rings. The summed E-state index contributed by atoms with van der Waals surface area (Å²) in [6.45, 7) is 0.948. The topological polar surface area (TPSA) is 56.8 Å². The van der Waals surface area contributed by atoms with E-state index in [9.17, 15) is 18.0 Å². The van der Waals surface area contributed by atoms with Gasteiger partial charge in [-0.1, -0.05) is 18.6 Å². The summed E-state index contributed by atoms with van der Waals surface area (Å²) in [6.07, 6.45) is -2.91. The highest BCUT2D eigenvalue weighted by molar-refractivity contribution is 5.89. The maximum Gasteiger partial charge on any atom is 0.573 e. The van der Waals surface area contributed by atoms with Crippen LogP contribution in [0.1, 0.15) is 24.8 Å². The van der Waals surface area contributed by atoms with Crippen LogP contribution in [0.15, 0.2) is 24.3 Å². The van der Waals surface area contributed by atoms with Crippen molar-refractivity contribution in [2.45, 2.75) is 37.1 Å². The Kier molecular flexibility index (Phi) is 4.69. The first-order valence-corrected chi connectivity index (χ1v) is 7.73. The van der Waals surface area contributed by atoms with E-state index in [0.29, 0.717) is 31.6 Å². The number of hydrogen-bond donors (Lipinski definition) is 1. The van der Waals surface area contributed by atoms with Crippen molar-refractivity contribution < 1.29 is 32.2 Å². The normalized spacial score (nSPS) is 22.7. The lowest BCUT2D eigenvalue weighted by molar-refractivity contribution is -0.274. The summed E-state index contributed by atoms with van der Waals surface area (Å²) in [5.41, 5.74) is -0.263. The Balaban J connectivity index is 1.72. The largest absolute Gasteiger partial charge is 0.573 e. The van der Waals surface area contributed by atoms with Gasteiger partial charge in [-0.25, -0.2) is 0 Å². The number of hydrogen-bond acceptors (Lipinski definition) is 4. The smallest absolute Gasteiger partial charge is 0.406 e. The van der Waals surface area contributed by atoms with E-state index in [2.05, 4.69) is 10.1 Å². The summed E-state index contributed by atoms with van der Waals surface area (Å²) >= 11 is 0. The Labute approximate surface area is 137 Å². The first-order chi connectivity index (χ1) is 11.4. The number of ether oxygens (including phenoxy) is 3. The number of rotatable bonds is 5. The van der Waals surface area contributed by atoms with Gasteiger partial charge in [0.15, 0.2) is 0 Å². The molecule has 8 heteroatoms. The monoisotopic (exact) mass is 345 g/mol. The quantitative estimate of drug-likeness (QED) is 0.891. The van der Waals surface area contributed by atoms with Crippen LogP contribution < -0.4 is 10.1 Å². The van der Waals surface area contributed by atoms with Crippen molar-refractivity contribution in [2.75, 3.05) is 19.9 Å². The lowest BCUT2D eigenvalue weighted by Gasteiger charge is -2.41. The second-order valence-corrected chi connectivity index (χ2v) is 6.00. The molecule has 1 saturated carbocycles. The van der Waals surface area contributed by atoms with Gasteiger partial charge in [0.25, 0.3) is 0 Å². The lowest BCUT2D eigenvalue weighted by atomic mass is 9.63. The van der Waals surface area contributed by atoms with Crippen molar-refractivity contribution in [2.24, 2.45) is 0 Å². The third kappa shape index (κ3) is 3.64. The summed E-state index contributed by atoms with van der Waals surface area (Å²) in [5, 5.41) is 2.83. The van der Waals surface area contributed by atoms with Crippen molar-refractivity contribution in [1.82, 2.24) is 5.32 Å². The van der Waals surface area contributed by atoms with E-state index in [0.717, 1.165) is 6.42 Å². The molecule has 1 aliphatic heterocycles. The van der Waals surface area contributed by atoms with E-state index >= 15 is 0 Å². The molecular formula is C16H18F3NO4. The molecule has 1 saturated heterocycles. The molecule has 1 atom stereocenters. The van der Waals surface area contributed by atoms with Crippen LogP contribution in [0.25, 0.3) is 0 Å². The summed E-state index contributed by atoms with van der Waals surface area (Å²) in [5.74, 6) is -0.514. The minimum Gasteiger partial charge on any atom is -0.406 e. The molecule has 1 aliphatic carbocycles. The fourth-order valence-corrected chi connectivity index (χ4v) is 3.03. The van der Waals surface area contributed by atoms with Gasteiger partial charge in [-0.05, 0) is 30.5 Å². The van der Waals surface area contributed by atoms with E-state index in [4.69, 9.17) is 9.47 Å². The molecule has 3 rings (SSSR count). The van der Waals surface area contributed by atoms with Crippen LogP contribution in [0.5, 0.6) is 5.75 Å². The van der Waals surface area contributed by atoms with Crippen LogP contribution in [-0.4, -0.2) is 38.3 Å². The molecule has 1 unspecified atom stereocenters. The molecule has 1 amide bonds. The fourth-order valence-electron chi connectivity index (χ4n) is 3.03. The Morgan fingerprint density at radius 2 is 2.17 bits per heavy atom. The molecule has 5 nitrogen and oxygen atoms in total. The molecule has 0 radical (unpaired) electrons. The molecule has 132 valence electrons. The first-order valence-electron chi connectivity index (χ1n) is 7.73. The number of nitrogens with one attached hydrogen (secondary N) is 1. The zero-order valence-corrected chi connectivity index (χ0v) is 12.9. The standard InChI is InChI=1S/C16H18F3NO4/c17-16(18,19)24-12-4-1-3-11(7-12)15(5-2-6-15)14(21)20-8-13-9-22-10-23-13/h1,3-4,7,13H,2,5-6,8-10H2,(H,20,21). The van der Waals surface area contributed by atoms with Gasteiger partial charge in [-0.3, -0.25) is 4.79 Å². The highest BCUT2D eigenvalue weighted by Crippen LogP contribution is 2.45. The molecule has 1 heterocycles. The van der Waals surface area contributed by atoms with Crippen LogP contribution in [0, 0.1) is 0 Å². The summed E-state index contributed by atoms with van der Waals surface area (Å²) in [7, 11) is 0. The minimum atomic E-state index is -4.76. The Hall–Kier alpha value is -1.80. The van der Waals surface area contributed by atoms with Crippen molar-refractivity contribution in [3.8, 4) is 5.75 Å². The van der Waals surface area contributed by atoms with E-state index in [1.54, 1.807) is 6.07 Å². The average Bonchev–Trinajstić information content (AvgIpc) is 2.96. The number of carbonyl (C=O) groups is 1. The van der Waals surface area contributed by atoms with Crippen molar-refractivity contribution in [1.29, 1.82) is 0 Å². The number of amides is 1. The van der Waals surface area contributed by atoms with Crippen LogP contribution in [-0.2, 0) is 19.7 Å². The van der Waals surface area contributed by atoms with E-state index < -0.39 is 11.8 Å². The number of halogens is 3. The van der Waals surface area contributed by atoms with E-state index in [1.807, 2.05) is 0 Å².